The molecule has 0 radical (unpaired) electrons. The van der Waals surface area contributed by atoms with Crippen LogP contribution in [-0.2, 0) is 14.8 Å². The summed E-state index contributed by atoms with van der Waals surface area (Å²) >= 11 is 1.04. The molecule has 0 aliphatic heterocycles. The highest BCUT2D eigenvalue weighted by Crippen LogP contribution is 2.40. The Morgan fingerprint density at radius 1 is 1.60 bits per heavy atom. The second-order valence-electron chi connectivity index (χ2n) is 5.11. The standard InChI is InChI=1S/C12H18N2O4S2/c1-12(7-13,8-3-4-8)14-20(16,17)9-5-6-19-10(9)11(15)18-2/h5-6,8,14H,3-4,7,13H2,1-2H3. The molecule has 0 spiro atoms. The van der Waals surface area contributed by atoms with Gasteiger partial charge in [0.1, 0.15) is 9.77 Å². The molecule has 0 amide bonds. The minimum absolute atomic E-state index is 0.0466. The molecule has 0 saturated heterocycles. The fourth-order valence-electron chi connectivity index (χ4n) is 2.12. The molecule has 1 aliphatic carbocycles. The minimum atomic E-state index is -3.80. The molecule has 6 nitrogen and oxygen atoms in total. The van der Waals surface area contributed by atoms with Gasteiger partial charge in [0.05, 0.1) is 7.11 Å². The first-order valence-corrected chi connectivity index (χ1v) is 8.60. The zero-order valence-corrected chi connectivity index (χ0v) is 13.0. The summed E-state index contributed by atoms with van der Waals surface area (Å²) in [6, 6.07) is 1.41. The number of nitrogens with two attached hydrogens (primary N) is 1. The topological polar surface area (TPSA) is 98.5 Å². The van der Waals surface area contributed by atoms with Crippen LogP contribution in [0, 0.1) is 5.92 Å². The number of nitrogens with one attached hydrogen (secondary N) is 1. The highest BCUT2D eigenvalue weighted by Gasteiger charge is 2.44. The molecule has 1 aromatic rings. The highest BCUT2D eigenvalue weighted by molar-refractivity contribution is 7.89. The van der Waals surface area contributed by atoms with Crippen molar-refractivity contribution in [3.63, 3.8) is 0 Å². The number of rotatable bonds is 6. The molecule has 2 rings (SSSR count). The van der Waals surface area contributed by atoms with Gasteiger partial charge in [0.2, 0.25) is 10.0 Å². The molecule has 1 atom stereocenters. The molecule has 112 valence electrons. The Bertz CT molecular complexity index is 607. The van der Waals surface area contributed by atoms with Gasteiger partial charge in [0.15, 0.2) is 0 Å². The Labute approximate surface area is 122 Å². The molecule has 0 bridgehead atoms. The third-order valence-corrected chi connectivity index (χ3v) is 6.24. The number of carbonyl (C=O) groups excluding carboxylic acids is 1. The van der Waals surface area contributed by atoms with Crippen LogP contribution >= 0.6 is 11.3 Å². The van der Waals surface area contributed by atoms with Gasteiger partial charge in [-0.15, -0.1) is 11.3 Å². The van der Waals surface area contributed by atoms with Gasteiger partial charge in [-0.3, -0.25) is 0 Å². The largest absolute Gasteiger partial charge is 0.465 e. The Kier molecular flexibility index (Phi) is 4.19. The van der Waals surface area contributed by atoms with E-state index in [1.54, 1.807) is 12.3 Å². The lowest BCUT2D eigenvalue weighted by Gasteiger charge is -2.29. The van der Waals surface area contributed by atoms with E-state index in [2.05, 4.69) is 9.46 Å². The molecule has 3 N–H and O–H groups in total. The zero-order chi connectivity index (χ0) is 15.0. The number of hydrogen-bond donors (Lipinski definition) is 2. The summed E-state index contributed by atoms with van der Waals surface area (Å²) in [6.45, 7) is 2.01. The smallest absolute Gasteiger partial charge is 0.349 e. The van der Waals surface area contributed by atoms with Gasteiger partial charge in [-0.1, -0.05) is 0 Å². The average molecular weight is 318 g/mol. The van der Waals surface area contributed by atoms with Crippen LogP contribution < -0.4 is 10.5 Å². The number of methoxy groups -OCH3 is 1. The van der Waals surface area contributed by atoms with E-state index >= 15 is 0 Å². The van der Waals surface area contributed by atoms with Crippen LogP contribution in [0.25, 0.3) is 0 Å². The number of esters is 1. The van der Waals surface area contributed by atoms with Gasteiger partial charge in [0.25, 0.3) is 0 Å². The normalized spacial score (nSPS) is 18.6. The highest BCUT2D eigenvalue weighted by atomic mass is 32.2. The Morgan fingerprint density at radius 2 is 2.25 bits per heavy atom. The molecule has 1 unspecified atom stereocenters. The fourth-order valence-corrected chi connectivity index (χ4v) is 4.94. The minimum Gasteiger partial charge on any atom is -0.465 e. The molecule has 1 saturated carbocycles. The molecular weight excluding hydrogens is 300 g/mol. The third-order valence-electron chi connectivity index (χ3n) is 3.56. The maximum Gasteiger partial charge on any atom is 0.349 e. The van der Waals surface area contributed by atoms with Crippen LogP contribution in [0.2, 0.25) is 0 Å². The average Bonchev–Trinajstić information content (AvgIpc) is 3.14. The van der Waals surface area contributed by atoms with Crippen molar-refractivity contribution in [1.82, 2.24) is 4.72 Å². The van der Waals surface area contributed by atoms with Crippen LogP contribution in [-0.4, -0.2) is 33.6 Å². The molecule has 20 heavy (non-hydrogen) atoms. The first-order chi connectivity index (χ1) is 9.34. The van der Waals surface area contributed by atoms with Crippen LogP contribution in [0.3, 0.4) is 0 Å². The van der Waals surface area contributed by atoms with E-state index in [1.807, 2.05) is 0 Å². The van der Waals surface area contributed by atoms with E-state index in [0.29, 0.717) is 0 Å². The van der Waals surface area contributed by atoms with E-state index in [4.69, 9.17) is 5.73 Å². The van der Waals surface area contributed by atoms with Gasteiger partial charge in [0, 0.05) is 12.1 Å². The van der Waals surface area contributed by atoms with E-state index in [0.717, 1.165) is 24.2 Å². The second kappa shape index (κ2) is 5.44. The van der Waals surface area contributed by atoms with Crippen molar-refractivity contribution in [1.29, 1.82) is 0 Å². The number of hydrogen-bond acceptors (Lipinski definition) is 6. The predicted octanol–water partition coefficient (Wildman–Crippen LogP) is 0.940. The van der Waals surface area contributed by atoms with Crippen molar-refractivity contribution in [2.24, 2.45) is 11.7 Å². The summed E-state index contributed by atoms with van der Waals surface area (Å²) in [5.41, 5.74) is 5.04. The lowest BCUT2D eigenvalue weighted by atomic mass is 9.98. The molecular formula is C12H18N2O4S2. The van der Waals surface area contributed by atoms with Gasteiger partial charge in [-0.25, -0.2) is 17.9 Å². The fraction of sp³-hybridized carbons (Fsp3) is 0.583. The molecule has 1 heterocycles. The summed E-state index contributed by atoms with van der Waals surface area (Å²) in [6.07, 6.45) is 1.92. The number of carbonyl (C=O) groups is 1. The summed E-state index contributed by atoms with van der Waals surface area (Å²) < 4.78 is 32.2. The van der Waals surface area contributed by atoms with Crippen LogP contribution in [0.1, 0.15) is 29.4 Å². The molecule has 1 fully saturated rings. The van der Waals surface area contributed by atoms with Gasteiger partial charge >= 0.3 is 5.97 Å². The van der Waals surface area contributed by atoms with Crippen molar-refractivity contribution >= 4 is 27.3 Å². The zero-order valence-electron chi connectivity index (χ0n) is 11.4. The summed E-state index contributed by atoms with van der Waals surface area (Å²) in [7, 11) is -2.58. The maximum absolute atomic E-state index is 12.5. The summed E-state index contributed by atoms with van der Waals surface area (Å²) in [5.74, 6) is -0.399. The van der Waals surface area contributed by atoms with Crippen LogP contribution in [0.15, 0.2) is 16.3 Å². The lowest BCUT2D eigenvalue weighted by Crippen LogP contribution is -2.53. The molecule has 0 aromatic carbocycles. The first kappa shape index (κ1) is 15.4. The summed E-state index contributed by atoms with van der Waals surface area (Å²) in [5, 5.41) is 1.55. The van der Waals surface area contributed by atoms with E-state index in [-0.39, 0.29) is 22.2 Å². The SMILES string of the molecule is COC(=O)c1sccc1S(=O)(=O)NC(C)(CN)C1CC1. The lowest BCUT2D eigenvalue weighted by molar-refractivity contribution is 0.0602. The van der Waals surface area contributed by atoms with Crippen LogP contribution in [0.5, 0.6) is 0 Å². The second-order valence-corrected chi connectivity index (χ2v) is 7.67. The monoisotopic (exact) mass is 318 g/mol. The van der Waals surface area contributed by atoms with E-state index in [9.17, 15) is 13.2 Å². The van der Waals surface area contributed by atoms with Crippen molar-refractivity contribution < 1.29 is 17.9 Å². The molecule has 1 aromatic heterocycles. The molecule has 8 heteroatoms. The van der Waals surface area contributed by atoms with Gasteiger partial charge in [-0.2, -0.15) is 0 Å². The summed E-state index contributed by atoms with van der Waals surface area (Å²) in [4.78, 5) is 11.6. The maximum atomic E-state index is 12.5. The van der Waals surface area contributed by atoms with E-state index in [1.165, 1.54) is 13.2 Å². The van der Waals surface area contributed by atoms with E-state index < -0.39 is 21.5 Å². The number of sulfonamides is 1. The van der Waals surface area contributed by atoms with Gasteiger partial charge in [-0.05, 0) is 37.1 Å². The van der Waals surface area contributed by atoms with Crippen LogP contribution in [0.4, 0.5) is 0 Å². The van der Waals surface area contributed by atoms with Crippen molar-refractivity contribution in [2.45, 2.75) is 30.2 Å². The first-order valence-electron chi connectivity index (χ1n) is 6.24. The van der Waals surface area contributed by atoms with Crippen molar-refractivity contribution in [3.8, 4) is 0 Å². The quantitative estimate of drug-likeness (QED) is 0.761. The Hall–Kier alpha value is -0.960. The predicted molar refractivity (Wildman–Crippen MR) is 76.2 cm³/mol. The van der Waals surface area contributed by atoms with Gasteiger partial charge < -0.3 is 10.5 Å². The van der Waals surface area contributed by atoms with Crippen molar-refractivity contribution in [2.75, 3.05) is 13.7 Å². The number of ether oxygens (including phenoxy) is 1. The Morgan fingerprint density at radius 3 is 2.75 bits per heavy atom. The third kappa shape index (κ3) is 2.88. The van der Waals surface area contributed by atoms with Crippen molar-refractivity contribution in [3.05, 3.63) is 16.3 Å². The number of thiophene rings is 1. The molecule has 1 aliphatic rings. The Balaban J connectivity index is 2.31.